The molecule has 94 valence electrons. The lowest BCUT2D eigenvalue weighted by Gasteiger charge is -2.24. The fourth-order valence-electron chi connectivity index (χ4n) is 2.28. The van der Waals surface area contributed by atoms with E-state index >= 15 is 0 Å². The second-order valence-corrected chi connectivity index (χ2v) is 5.51. The number of anilines is 1. The summed E-state index contributed by atoms with van der Waals surface area (Å²) in [4.78, 5) is 18.7. The molecule has 1 amide bonds. The maximum absolute atomic E-state index is 12.3. The van der Waals surface area contributed by atoms with Gasteiger partial charge in [-0.2, -0.15) is 0 Å². The molecule has 1 aliphatic rings. The number of amides is 1. The van der Waals surface area contributed by atoms with Crippen molar-refractivity contribution >= 4 is 22.4 Å². The van der Waals surface area contributed by atoms with Crippen LogP contribution in [0.5, 0.6) is 0 Å². The average molecular weight is 255 g/mol. The van der Waals surface area contributed by atoms with Gasteiger partial charge in [-0.25, -0.2) is 4.98 Å². The summed E-state index contributed by atoms with van der Waals surface area (Å²) in [5, 5.41) is 9.76. The molecule has 0 saturated carbocycles. The summed E-state index contributed by atoms with van der Waals surface area (Å²) in [5.41, 5.74) is 6.27. The topological polar surface area (TPSA) is 79.5 Å². The van der Waals surface area contributed by atoms with E-state index in [1.807, 2.05) is 0 Å². The zero-order valence-corrected chi connectivity index (χ0v) is 10.8. The number of nitrogens with zero attached hydrogens (tertiary/aromatic N) is 2. The Kier molecular flexibility index (Phi) is 3.35. The molecular formula is C11H17N3O2S. The number of hydrogen-bond acceptors (Lipinski definition) is 5. The van der Waals surface area contributed by atoms with Crippen LogP contribution in [0, 0.1) is 12.8 Å². The number of aliphatic hydroxyl groups excluding tert-OH is 1. The number of nitrogen functional groups attached to an aromatic ring is 1. The molecule has 1 fully saturated rings. The monoisotopic (exact) mass is 255 g/mol. The molecule has 0 aliphatic carbocycles. The predicted molar refractivity (Wildman–Crippen MR) is 67.0 cm³/mol. The lowest BCUT2D eigenvalue weighted by atomic mass is 10.0. The van der Waals surface area contributed by atoms with Crippen LogP contribution in [-0.2, 0) is 0 Å². The van der Waals surface area contributed by atoms with Crippen LogP contribution in [-0.4, -0.2) is 40.1 Å². The van der Waals surface area contributed by atoms with Crippen LogP contribution in [0.15, 0.2) is 0 Å². The fourth-order valence-corrected chi connectivity index (χ4v) is 3.07. The molecule has 6 heteroatoms. The second-order valence-electron chi connectivity index (χ2n) is 4.48. The Morgan fingerprint density at radius 1 is 1.71 bits per heavy atom. The van der Waals surface area contributed by atoms with Gasteiger partial charge in [0.2, 0.25) is 0 Å². The van der Waals surface area contributed by atoms with E-state index in [4.69, 9.17) is 5.73 Å². The highest BCUT2D eigenvalue weighted by molar-refractivity contribution is 7.17. The molecule has 0 bridgehead atoms. The summed E-state index contributed by atoms with van der Waals surface area (Å²) in [6, 6.07) is -0.0785. The third-order valence-electron chi connectivity index (χ3n) is 3.34. The number of aromatic nitrogens is 1. The highest BCUT2D eigenvalue weighted by Gasteiger charge is 2.35. The van der Waals surface area contributed by atoms with Gasteiger partial charge >= 0.3 is 0 Å². The van der Waals surface area contributed by atoms with Crippen molar-refractivity contribution in [1.29, 1.82) is 0 Å². The molecule has 3 N–H and O–H groups in total. The Morgan fingerprint density at radius 2 is 2.41 bits per heavy atom. The van der Waals surface area contributed by atoms with Crippen LogP contribution >= 0.6 is 11.3 Å². The van der Waals surface area contributed by atoms with Gasteiger partial charge in [-0.15, -0.1) is 0 Å². The van der Waals surface area contributed by atoms with Gasteiger partial charge in [0, 0.05) is 6.54 Å². The summed E-state index contributed by atoms with van der Waals surface area (Å²) in [5.74, 6) is 0.287. The van der Waals surface area contributed by atoms with Crippen molar-refractivity contribution in [1.82, 2.24) is 9.88 Å². The minimum absolute atomic E-state index is 0.0141. The number of likely N-dealkylation sites (tertiary alicyclic amines) is 1. The van der Waals surface area contributed by atoms with E-state index in [1.54, 1.807) is 11.8 Å². The molecule has 2 unspecified atom stereocenters. The molecule has 1 aliphatic heterocycles. The van der Waals surface area contributed by atoms with Crippen LogP contribution in [0.3, 0.4) is 0 Å². The maximum atomic E-state index is 12.3. The molecule has 1 aromatic heterocycles. The molecule has 17 heavy (non-hydrogen) atoms. The largest absolute Gasteiger partial charge is 0.394 e. The molecule has 0 aromatic carbocycles. The SMILES string of the molecule is Cc1nc(N)sc1C(=O)N1CCC(C)C1CO. The van der Waals surface area contributed by atoms with Crippen molar-refractivity contribution < 1.29 is 9.90 Å². The van der Waals surface area contributed by atoms with Crippen molar-refractivity contribution in [2.45, 2.75) is 26.3 Å². The predicted octanol–water partition coefficient (Wildman–Crippen LogP) is 0.877. The Bertz CT molecular complexity index is 432. The van der Waals surface area contributed by atoms with Gasteiger partial charge in [-0.1, -0.05) is 18.3 Å². The molecule has 2 rings (SSSR count). The van der Waals surface area contributed by atoms with Crippen LogP contribution in [0.4, 0.5) is 5.13 Å². The molecule has 1 aromatic rings. The number of aryl methyl sites for hydroxylation is 1. The lowest BCUT2D eigenvalue weighted by Crippen LogP contribution is -2.39. The van der Waals surface area contributed by atoms with Crippen LogP contribution < -0.4 is 5.73 Å². The summed E-state index contributed by atoms with van der Waals surface area (Å²) >= 11 is 1.22. The minimum atomic E-state index is -0.0785. The number of aliphatic hydroxyl groups is 1. The van der Waals surface area contributed by atoms with Crippen molar-refractivity contribution in [3.8, 4) is 0 Å². The molecule has 0 radical (unpaired) electrons. The molecular weight excluding hydrogens is 238 g/mol. The first-order chi connectivity index (χ1) is 8.04. The van der Waals surface area contributed by atoms with Crippen LogP contribution in [0.2, 0.25) is 0 Å². The van der Waals surface area contributed by atoms with E-state index < -0.39 is 0 Å². The first-order valence-corrected chi connectivity index (χ1v) is 6.51. The number of thiazole rings is 1. The van der Waals surface area contributed by atoms with E-state index in [-0.39, 0.29) is 18.6 Å². The lowest BCUT2D eigenvalue weighted by molar-refractivity contribution is 0.0652. The Morgan fingerprint density at radius 3 is 2.94 bits per heavy atom. The molecule has 1 saturated heterocycles. The van der Waals surface area contributed by atoms with Crippen LogP contribution in [0.1, 0.15) is 28.7 Å². The number of rotatable bonds is 2. The Balaban J connectivity index is 2.23. The molecule has 2 heterocycles. The van der Waals surface area contributed by atoms with Crippen molar-refractivity contribution in [2.75, 3.05) is 18.9 Å². The maximum Gasteiger partial charge on any atom is 0.266 e. The van der Waals surface area contributed by atoms with E-state index in [1.165, 1.54) is 11.3 Å². The van der Waals surface area contributed by atoms with Gasteiger partial charge in [0.1, 0.15) is 4.88 Å². The number of carbonyl (C=O) groups is 1. The van der Waals surface area contributed by atoms with Gasteiger partial charge in [-0.05, 0) is 19.3 Å². The number of hydrogen-bond donors (Lipinski definition) is 2. The first kappa shape index (κ1) is 12.3. The van der Waals surface area contributed by atoms with Crippen molar-refractivity contribution in [2.24, 2.45) is 5.92 Å². The van der Waals surface area contributed by atoms with Gasteiger partial charge in [-0.3, -0.25) is 4.79 Å². The normalized spacial score (nSPS) is 24.3. The van der Waals surface area contributed by atoms with E-state index in [0.29, 0.717) is 28.2 Å². The Hall–Kier alpha value is -1.14. The smallest absolute Gasteiger partial charge is 0.266 e. The van der Waals surface area contributed by atoms with Crippen molar-refractivity contribution in [3.63, 3.8) is 0 Å². The summed E-state index contributed by atoms with van der Waals surface area (Å²) < 4.78 is 0. The highest BCUT2D eigenvalue weighted by Crippen LogP contribution is 2.28. The Labute approximate surface area is 104 Å². The number of nitrogens with two attached hydrogens (primary N) is 1. The van der Waals surface area contributed by atoms with Gasteiger partial charge in [0.05, 0.1) is 18.3 Å². The zero-order valence-electron chi connectivity index (χ0n) is 10.0. The second kappa shape index (κ2) is 4.62. The quantitative estimate of drug-likeness (QED) is 0.822. The molecule has 5 nitrogen and oxygen atoms in total. The van der Waals surface area contributed by atoms with Crippen LogP contribution in [0.25, 0.3) is 0 Å². The van der Waals surface area contributed by atoms with Gasteiger partial charge in [0.25, 0.3) is 5.91 Å². The molecule has 0 spiro atoms. The van der Waals surface area contributed by atoms with E-state index in [9.17, 15) is 9.90 Å². The summed E-state index contributed by atoms with van der Waals surface area (Å²) in [7, 11) is 0. The van der Waals surface area contributed by atoms with E-state index in [2.05, 4.69) is 11.9 Å². The van der Waals surface area contributed by atoms with Gasteiger partial charge < -0.3 is 15.7 Å². The highest BCUT2D eigenvalue weighted by atomic mass is 32.1. The van der Waals surface area contributed by atoms with Gasteiger partial charge in [0.15, 0.2) is 5.13 Å². The summed E-state index contributed by atoms with van der Waals surface area (Å²) in [6.45, 7) is 4.55. The average Bonchev–Trinajstić information content (AvgIpc) is 2.80. The number of carbonyl (C=O) groups excluding carboxylic acids is 1. The third kappa shape index (κ3) is 2.14. The van der Waals surface area contributed by atoms with E-state index in [0.717, 1.165) is 6.42 Å². The standard InChI is InChI=1S/C11H17N3O2S/c1-6-3-4-14(8(6)5-15)10(16)9-7(2)13-11(12)17-9/h6,8,15H,3-5H2,1-2H3,(H2,12,13). The molecule has 2 atom stereocenters. The first-order valence-electron chi connectivity index (χ1n) is 5.69. The minimum Gasteiger partial charge on any atom is -0.394 e. The fraction of sp³-hybridized carbons (Fsp3) is 0.636. The summed E-state index contributed by atoms with van der Waals surface area (Å²) in [6.07, 6.45) is 0.935. The zero-order chi connectivity index (χ0) is 12.6. The van der Waals surface area contributed by atoms with Crippen molar-refractivity contribution in [3.05, 3.63) is 10.6 Å². The third-order valence-corrected chi connectivity index (χ3v) is 4.31.